The highest BCUT2D eigenvalue weighted by molar-refractivity contribution is 5.69. The third kappa shape index (κ3) is 3.67. The van der Waals surface area contributed by atoms with E-state index in [0.717, 1.165) is 0 Å². The van der Waals surface area contributed by atoms with Gasteiger partial charge in [-0.15, -0.1) is 0 Å². The van der Waals surface area contributed by atoms with Crippen molar-refractivity contribution in [3.8, 4) is 11.1 Å². The highest BCUT2D eigenvalue weighted by atomic mass is 15.1. The molecule has 0 bridgehead atoms. The summed E-state index contributed by atoms with van der Waals surface area (Å²) in [6.07, 6.45) is 6.25. The quantitative estimate of drug-likeness (QED) is 0.697. The summed E-state index contributed by atoms with van der Waals surface area (Å²) in [5.41, 5.74) is 5.96. The smallest absolute Gasteiger partial charge is 0.0139 e. The summed E-state index contributed by atoms with van der Waals surface area (Å²) >= 11 is 0. The van der Waals surface area contributed by atoms with Crippen LogP contribution in [0.25, 0.3) is 11.1 Å². The normalized spacial score (nSPS) is 17.3. The second kappa shape index (κ2) is 7.79. The molecular weight excluding hydrogens is 278 g/mol. The summed E-state index contributed by atoms with van der Waals surface area (Å²) in [7, 11) is 0. The number of hydrogen-bond acceptors (Lipinski definition) is 1. The van der Waals surface area contributed by atoms with E-state index in [-0.39, 0.29) is 0 Å². The van der Waals surface area contributed by atoms with Gasteiger partial charge >= 0.3 is 0 Å². The molecule has 1 aliphatic carbocycles. The van der Waals surface area contributed by atoms with Gasteiger partial charge < -0.3 is 4.90 Å². The van der Waals surface area contributed by atoms with Crippen LogP contribution in [0, 0.1) is 0 Å². The Bertz CT molecular complexity index is 611. The fraction of sp³-hybridized carbons (Fsp3) is 0.455. The molecule has 0 N–H and O–H groups in total. The molecular formula is C22H29N. The van der Waals surface area contributed by atoms with Gasteiger partial charge in [0, 0.05) is 6.04 Å². The SMILES string of the molecule is CCCN(CCC)[C@H]1CCc2cccc(-c3ccccc3)c2C1. The van der Waals surface area contributed by atoms with E-state index in [9.17, 15) is 0 Å². The molecule has 0 saturated heterocycles. The van der Waals surface area contributed by atoms with Crippen molar-refractivity contribution in [1.29, 1.82) is 0 Å². The van der Waals surface area contributed by atoms with E-state index in [2.05, 4.69) is 67.3 Å². The number of rotatable bonds is 6. The Morgan fingerprint density at radius 1 is 0.913 bits per heavy atom. The Morgan fingerprint density at radius 3 is 2.35 bits per heavy atom. The number of nitrogens with zero attached hydrogens (tertiary/aromatic N) is 1. The molecule has 0 unspecified atom stereocenters. The van der Waals surface area contributed by atoms with Gasteiger partial charge in [0.15, 0.2) is 0 Å². The zero-order chi connectivity index (χ0) is 16.1. The molecule has 1 atom stereocenters. The van der Waals surface area contributed by atoms with Gasteiger partial charge in [0.25, 0.3) is 0 Å². The van der Waals surface area contributed by atoms with Crippen molar-refractivity contribution in [2.75, 3.05) is 13.1 Å². The lowest BCUT2D eigenvalue weighted by molar-refractivity contribution is 0.180. The van der Waals surface area contributed by atoms with E-state index < -0.39 is 0 Å². The molecule has 1 heteroatoms. The molecule has 3 rings (SSSR count). The van der Waals surface area contributed by atoms with Crippen molar-refractivity contribution >= 4 is 0 Å². The third-order valence-corrected chi connectivity index (χ3v) is 5.08. The van der Waals surface area contributed by atoms with Crippen LogP contribution in [0.2, 0.25) is 0 Å². The molecule has 0 radical (unpaired) electrons. The Hall–Kier alpha value is -1.60. The van der Waals surface area contributed by atoms with Gasteiger partial charge in [-0.25, -0.2) is 0 Å². The molecule has 0 amide bonds. The fourth-order valence-corrected chi connectivity index (χ4v) is 4.02. The first-order chi connectivity index (χ1) is 11.3. The number of aryl methyl sites for hydroxylation is 1. The molecule has 2 aromatic carbocycles. The molecule has 0 fully saturated rings. The molecule has 0 aromatic heterocycles. The average Bonchev–Trinajstić information content (AvgIpc) is 2.61. The minimum absolute atomic E-state index is 0.715. The Balaban J connectivity index is 1.90. The second-order valence-corrected chi connectivity index (χ2v) is 6.74. The van der Waals surface area contributed by atoms with Gasteiger partial charge in [0.1, 0.15) is 0 Å². The van der Waals surface area contributed by atoms with Crippen LogP contribution in [0.5, 0.6) is 0 Å². The lowest BCUT2D eigenvalue weighted by Gasteiger charge is -2.36. The topological polar surface area (TPSA) is 3.24 Å². The largest absolute Gasteiger partial charge is 0.300 e. The predicted octanol–water partition coefficient (Wildman–Crippen LogP) is 5.33. The summed E-state index contributed by atoms with van der Waals surface area (Å²) in [5, 5.41) is 0. The van der Waals surface area contributed by atoms with Crippen LogP contribution in [0.4, 0.5) is 0 Å². The summed E-state index contributed by atoms with van der Waals surface area (Å²) in [6, 6.07) is 18.5. The van der Waals surface area contributed by atoms with Crippen LogP contribution in [0.1, 0.15) is 44.2 Å². The lowest BCUT2D eigenvalue weighted by Crippen LogP contribution is -2.40. The van der Waals surface area contributed by atoms with Crippen LogP contribution in [-0.2, 0) is 12.8 Å². The molecule has 0 saturated carbocycles. The summed E-state index contributed by atoms with van der Waals surface area (Å²) in [6.45, 7) is 7.08. The Kier molecular flexibility index (Phi) is 5.51. The number of fused-ring (bicyclic) bond motifs is 1. The summed E-state index contributed by atoms with van der Waals surface area (Å²) in [4.78, 5) is 2.73. The van der Waals surface area contributed by atoms with Crippen LogP contribution < -0.4 is 0 Å². The maximum atomic E-state index is 2.73. The zero-order valence-electron chi connectivity index (χ0n) is 14.6. The minimum atomic E-state index is 0.715. The van der Waals surface area contributed by atoms with E-state index in [1.807, 2.05) is 0 Å². The van der Waals surface area contributed by atoms with Crippen LogP contribution in [0.3, 0.4) is 0 Å². The third-order valence-electron chi connectivity index (χ3n) is 5.08. The number of benzene rings is 2. The van der Waals surface area contributed by atoms with Crippen molar-refractivity contribution in [1.82, 2.24) is 4.90 Å². The van der Waals surface area contributed by atoms with E-state index in [0.29, 0.717) is 6.04 Å². The number of hydrogen-bond donors (Lipinski definition) is 0. The van der Waals surface area contributed by atoms with Gasteiger partial charge in [-0.05, 0) is 67.4 Å². The highest BCUT2D eigenvalue weighted by Gasteiger charge is 2.25. The average molecular weight is 307 g/mol. The van der Waals surface area contributed by atoms with Gasteiger partial charge in [-0.2, -0.15) is 0 Å². The van der Waals surface area contributed by atoms with Crippen molar-refractivity contribution < 1.29 is 0 Å². The predicted molar refractivity (Wildman–Crippen MR) is 99.8 cm³/mol. The molecule has 1 nitrogen and oxygen atoms in total. The van der Waals surface area contributed by atoms with Crippen molar-refractivity contribution in [3.63, 3.8) is 0 Å². The molecule has 122 valence electrons. The first kappa shape index (κ1) is 16.3. The lowest BCUT2D eigenvalue weighted by atomic mass is 9.83. The first-order valence-electron chi connectivity index (χ1n) is 9.23. The molecule has 0 spiro atoms. The van der Waals surface area contributed by atoms with Crippen LogP contribution in [-0.4, -0.2) is 24.0 Å². The van der Waals surface area contributed by atoms with Crippen molar-refractivity contribution in [3.05, 3.63) is 59.7 Å². The molecule has 0 heterocycles. The van der Waals surface area contributed by atoms with Gasteiger partial charge in [-0.3, -0.25) is 0 Å². The van der Waals surface area contributed by atoms with Crippen LogP contribution >= 0.6 is 0 Å². The summed E-state index contributed by atoms with van der Waals surface area (Å²) in [5.74, 6) is 0. The first-order valence-corrected chi connectivity index (χ1v) is 9.23. The fourth-order valence-electron chi connectivity index (χ4n) is 4.02. The molecule has 0 aliphatic heterocycles. The van der Waals surface area contributed by atoms with E-state index in [1.165, 1.54) is 56.3 Å². The monoisotopic (exact) mass is 307 g/mol. The van der Waals surface area contributed by atoms with E-state index >= 15 is 0 Å². The molecule has 2 aromatic rings. The second-order valence-electron chi connectivity index (χ2n) is 6.74. The maximum absolute atomic E-state index is 2.73. The van der Waals surface area contributed by atoms with E-state index in [1.54, 1.807) is 11.1 Å². The highest BCUT2D eigenvalue weighted by Crippen LogP contribution is 2.33. The molecule has 23 heavy (non-hydrogen) atoms. The Morgan fingerprint density at radius 2 is 1.65 bits per heavy atom. The zero-order valence-corrected chi connectivity index (χ0v) is 14.6. The van der Waals surface area contributed by atoms with Crippen molar-refractivity contribution in [2.24, 2.45) is 0 Å². The van der Waals surface area contributed by atoms with Crippen LogP contribution in [0.15, 0.2) is 48.5 Å². The van der Waals surface area contributed by atoms with Gasteiger partial charge in [0.2, 0.25) is 0 Å². The molecule has 1 aliphatic rings. The summed E-state index contributed by atoms with van der Waals surface area (Å²) < 4.78 is 0. The minimum Gasteiger partial charge on any atom is -0.300 e. The standard InChI is InChI=1S/C22H29N/c1-3-15-23(16-4-2)20-14-13-19-11-8-12-21(22(19)17-20)18-9-6-5-7-10-18/h5-12,20H,3-4,13-17H2,1-2H3/t20-/m0/s1. The maximum Gasteiger partial charge on any atom is 0.0139 e. The van der Waals surface area contributed by atoms with E-state index in [4.69, 9.17) is 0 Å². The van der Waals surface area contributed by atoms with Gasteiger partial charge in [-0.1, -0.05) is 62.4 Å². The van der Waals surface area contributed by atoms with Gasteiger partial charge in [0.05, 0.1) is 0 Å². The Labute approximate surface area is 141 Å². The van der Waals surface area contributed by atoms with Crippen molar-refractivity contribution in [2.45, 2.75) is 52.0 Å².